The number of hydrogen-bond acceptors (Lipinski definition) is 2. The van der Waals surface area contributed by atoms with E-state index in [9.17, 15) is 0 Å². The monoisotopic (exact) mass is 256 g/mol. The van der Waals surface area contributed by atoms with Crippen LogP contribution in [-0.4, -0.2) is 12.0 Å². The third kappa shape index (κ3) is 2.95. The summed E-state index contributed by atoms with van der Waals surface area (Å²) in [5.74, 6) is 0.600. The van der Waals surface area contributed by atoms with Crippen LogP contribution in [0.1, 0.15) is 44.0 Å². The molecule has 0 aliphatic heterocycles. The molecule has 0 saturated heterocycles. The van der Waals surface area contributed by atoms with Gasteiger partial charge >= 0.3 is 0 Å². The van der Waals surface area contributed by atoms with Gasteiger partial charge in [0, 0.05) is 5.39 Å². The topological polar surface area (TPSA) is 24.9 Å². The molecule has 102 valence electrons. The normalized spacial score (nSPS) is 14.5. The van der Waals surface area contributed by atoms with Crippen LogP contribution in [0.4, 0.5) is 0 Å². The molecule has 2 unspecified atom stereocenters. The zero-order chi connectivity index (χ0) is 13.8. The fourth-order valence-electron chi connectivity index (χ4n) is 2.88. The van der Waals surface area contributed by atoms with Crippen molar-refractivity contribution in [3.8, 4) is 0 Å². The molecule has 0 radical (unpaired) electrons. The van der Waals surface area contributed by atoms with Gasteiger partial charge in [-0.05, 0) is 44.0 Å². The number of hydrogen-bond donors (Lipinski definition) is 1. The Morgan fingerprint density at radius 3 is 2.68 bits per heavy atom. The SMILES string of the molecule is CCCC(C)C(NC)c1cc(C)c2ccccc2n1. The molecule has 1 heterocycles. The van der Waals surface area contributed by atoms with Gasteiger partial charge < -0.3 is 5.32 Å². The largest absolute Gasteiger partial charge is 0.311 e. The van der Waals surface area contributed by atoms with E-state index in [1.165, 1.54) is 29.5 Å². The Balaban J connectivity index is 2.43. The molecule has 1 aromatic heterocycles. The van der Waals surface area contributed by atoms with Crippen molar-refractivity contribution >= 4 is 10.9 Å². The van der Waals surface area contributed by atoms with Crippen LogP contribution in [0.25, 0.3) is 10.9 Å². The fraction of sp³-hybridized carbons (Fsp3) is 0.471. The summed E-state index contributed by atoms with van der Waals surface area (Å²) in [5.41, 5.74) is 3.57. The highest BCUT2D eigenvalue weighted by Gasteiger charge is 2.19. The molecule has 0 bridgehead atoms. The van der Waals surface area contributed by atoms with Gasteiger partial charge in [-0.2, -0.15) is 0 Å². The third-order valence-corrected chi connectivity index (χ3v) is 3.89. The smallest absolute Gasteiger partial charge is 0.0708 e. The first-order chi connectivity index (χ1) is 9.17. The lowest BCUT2D eigenvalue weighted by Crippen LogP contribution is -2.24. The van der Waals surface area contributed by atoms with Crippen molar-refractivity contribution < 1.29 is 0 Å². The van der Waals surface area contributed by atoms with Gasteiger partial charge in [-0.1, -0.05) is 38.5 Å². The highest BCUT2D eigenvalue weighted by Crippen LogP contribution is 2.27. The summed E-state index contributed by atoms with van der Waals surface area (Å²) in [5, 5.41) is 4.69. The minimum absolute atomic E-state index is 0.336. The Bertz CT molecular complexity index is 548. The number of aryl methyl sites for hydroxylation is 1. The molecule has 19 heavy (non-hydrogen) atoms. The van der Waals surface area contributed by atoms with Gasteiger partial charge in [0.1, 0.15) is 0 Å². The van der Waals surface area contributed by atoms with Gasteiger partial charge in [-0.3, -0.25) is 4.98 Å². The molecule has 2 atom stereocenters. The summed E-state index contributed by atoms with van der Waals surface area (Å²) in [6, 6.07) is 10.9. The van der Waals surface area contributed by atoms with E-state index in [1.54, 1.807) is 0 Å². The zero-order valence-corrected chi connectivity index (χ0v) is 12.4. The zero-order valence-electron chi connectivity index (χ0n) is 12.4. The van der Waals surface area contributed by atoms with Crippen LogP contribution in [0.3, 0.4) is 0 Å². The number of para-hydroxylation sites is 1. The maximum absolute atomic E-state index is 4.85. The first-order valence-electron chi connectivity index (χ1n) is 7.21. The van der Waals surface area contributed by atoms with Gasteiger partial charge in [-0.25, -0.2) is 0 Å². The maximum Gasteiger partial charge on any atom is 0.0708 e. The van der Waals surface area contributed by atoms with Gasteiger partial charge in [0.05, 0.1) is 17.3 Å². The van der Waals surface area contributed by atoms with Crippen LogP contribution >= 0.6 is 0 Å². The first-order valence-corrected chi connectivity index (χ1v) is 7.21. The Morgan fingerprint density at radius 2 is 2.00 bits per heavy atom. The lowest BCUT2D eigenvalue weighted by atomic mass is 9.93. The van der Waals surface area contributed by atoms with E-state index in [4.69, 9.17) is 4.98 Å². The average molecular weight is 256 g/mol. The number of benzene rings is 1. The minimum Gasteiger partial charge on any atom is -0.311 e. The van der Waals surface area contributed by atoms with E-state index < -0.39 is 0 Å². The standard InChI is InChI=1S/C17H24N2/c1-5-8-12(2)17(18-4)16-11-13(3)14-9-6-7-10-15(14)19-16/h6-7,9-12,17-18H,5,8H2,1-4H3. The van der Waals surface area contributed by atoms with Gasteiger partial charge in [0.25, 0.3) is 0 Å². The van der Waals surface area contributed by atoms with Crippen molar-refractivity contribution in [1.29, 1.82) is 0 Å². The number of nitrogens with zero attached hydrogens (tertiary/aromatic N) is 1. The van der Waals surface area contributed by atoms with Gasteiger partial charge in [0.2, 0.25) is 0 Å². The number of fused-ring (bicyclic) bond motifs is 1. The Kier molecular flexibility index (Phi) is 4.54. The lowest BCUT2D eigenvalue weighted by molar-refractivity contribution is 0.377. The highest BCUT2D eigenvalue weighted by molar-refractivity contribution is 5.82. The molecule has 2 heteroatoms. The van der Waals surface area contributed by atoms with Crippen LogP contribution < -0.4 is 5.32 Å². The Hall–Kier alpha value is -1.41. The molecule has 2 rings (SSSR count). The maximum atomic E-state index is 4.85. The number of nitrogens with one attached hydrogen (secondary N) is 1. The number of aromatic nitrogens is 1. The Morgan fingerprint density at radius 1 is 1.26 bits per heavy atom. The van der Waals surface area contributed by atoms with E-state index in [2.05, 4.69) is 56.4 Å². The molecule has 0 aliphatic carbocycles. The summed E-state index contributed by atoms with van der Waals surface area (Å²) in [4.78, 5) is 4.85. The van der Waals surface area contributed by atoms with Crippen molar-refractivity contribution in [3.05, 3.63) is 41.6 Å². The van der Waals surface area contributed by atoms with Gasteiger partial charge in [0.15, 0.2) is 0 Å². The predicted octanol–water partition coefficient (Wildman–Crippen LogP) is 4.24. The van der Waals surface area contributed by atoms with Crippen LogP contribution in [0.15, 0.2) is 30.3 Å². The van der Waals surface area contributed by atoms with Crippen LogP contribution in [0, 0.1) is 12.8 Å². The molecular formula is C17H24N2. The molecule has 2 nitrogen and oxygen atoms in total. The van der Waals surface area contributed by atoms with E-state index in [-0.39, 0.29) is 0 Å². The summed E-state index contributed by atoms with van der Waals surface area (Å²) in [6.07, 6.45) is 2.44. The van der Waals surface area contributed by atoms with Crippen molar-refractivity contribution in [2.45, 2.75) is 39.7 Å². The molecule has 0 aliphatic rings. The van der Waals surface area contributed by atoms with E-state index >= 15 is 0 Å². The van der Waals surface area contributed by atoms with Gasteiger partial charge in [-0.15, -0.1) is 0 Å². The molecule has 0 fully saturated rings. The van der Waals surface area contributed by atoms with E-state index in [0.717, 1.165) is 5.52 Å². The van der Waals surface area contributed by atoms with E-state index in [0.29, 0.717) is 12.0 Å². The third-order valence-electron chi connectivity index (χ3n) is 3.89. The summed E-state index contributed by atoms with van der Waals surface area (Å²) < 4.78 is 0. The van der Waals surface area contributed by atoms with Crippen molar-refractivity contribution in [2.75, 3.05) is 7.05 Å². The van der Waals surface area contributed by atoms with Crippen LogP contribution in [-0.2, 0) is 0 Å². The fourth-order valence-corrected chi connectivity index (χ4v) is 2.88. The first kappa shape index (κ1) is 14.0. The molecular weight excluding hydrogens is 232 g/mol. The van der Waals surface area contributed by atoms with E-state index in [1.807, 2.05) is 7.05 Å². The minimum atomic E-state index is 0.336. The van der Waals surface area contributed by atoms with Crippen molar-refractivity contribution in [3.63, 3.8) is 0 Å². The van der Waals surface area contributed by atoms with Crippen LogP contribution in [0.2, 0.25) is 0 Å². The van der Waals surface area contributed by atoms with Crippen molar-refractivity contribution in [2.24, 2.45) is 5.92 Å². The second kappa shape index (κ2) is 6.16. The van der Waals surface area contributed by atoms with Crippen molar-refractivity contribution in [1.82, 2.24) is 10.3 Å². The molecule has 0 spiro atoms. The lowest BCUT2D eigenvalue weighted by Gasteiger charge is -2.23. The molecule has 1 N–H and O–H groups in total. The number of rotatable bonds is 5. The Labute approximate surface area is 116 Å². The number of pyridine rings is 1. The highest BCUT2D eigenvalue weighted by atomic mass is 14.9. The molecule has 2 aromatic rings. The summed E-state index contributed by atoms with van der Waals surface area (Å²) >= 11 is 0. The quantitative estimate of drug-likeness (QED) is 0.865. The second-order valence-corrected chi connectivity index (χ2v) is 5.41. The predicted molar refractivity (Wildman–Crippen MR) is 82.4 cm³/mol. The molecule has 1 aromatic carbocycles. The second-order valence-electron chi connectivity index (χ2n) is 5.41. The molecule has 0 saturated carbocycles. The summed E-state index contributed by atoms with van der Waals surface area (Å²) in [7, 11) is 2.03. The average Bonchev–Trinajstić information content (AvgIpc) is 2.40. The summed E-state index contributed by atoms with van der Waals surface area (Å²) in [6.45, 7) is 6.71. The van der Waals surface area contributed by atoms with Crippen LogP contribution in [0.5, 0.6) is 0 Å². The molecule has 0 amide bonds.